The summed E-state index contributed by atoms with van der Waals surface area (Å²) < 4.78 is 32.4. The summed E-state index contributed by atoms with van der Waals surface area (Å²) in [6, 6.07) is 5.30. The van der Waals surface area contributed by atoms with Gasteiger partial charge >= 0.3 is 0 Å². The van der Waals surface area contributed by atoms with Crippen molar-refractivity contribution < 1.29 is 13.5 Å². The van der Waals surface area contributed by atoms with E-state index in [0.29, 0.717) is 23.9 Å². The Morgan fingerprint density at radius 1 is 1.09 bits per heavy atom. The zero-order valence-corrected chi connectivity index (χ0v) is 12.6. The van der Waals surface area contributed by atoms with E-state index in [1.807, 2.05) is 0 Å². The molecule has 0 radical (unpaired) electrons. The van der Waals surface area contributed by atoms with Gasteiger partial charge in [0.25, 0.3) is 0 Å². The molecule has 1 aromatic rings. The molecule has 3 atom stereocenters. The molecule has 1 aliphatic carbocycles. The lowest BCUT2D eigenvalue weighted by atomic mass is 10.1. The smallest absolute Gasteiger partial charge is 0.162 e. The van der Waals surface area contributed by atoms with Gasteiger partial charge in [-0.15, -0.1) is 0 Å². The van der Waals surface area contributed by atoms with Crippen molar-refractivity contribution in [2.24, 2.45) is 0 Å². The molecule has 3 fully saturated rings. The van der Waals surface area contributed by atoms with Crippen LogP contribution in [0.25, 0.3) is 0 Å². The average Bonchev–Trinajstić information content (AvgIpc) is 3.21. The maximum Gasteiger partial charge on any atom is 0.162 e. The van der Waals surface area contributed by atoms with E-state index in [-0.39, 0.29) is 6.10 Å². The van der Waals surface area contributed by atoms with Crippen LogP contribution in [0.4, 0.5) is 8.78 Å². The van der Waals surface area contributed by atoms with Gasteiger partial charge < -0.3 is 10.1 Å². The van der Waals surface area contributed by atoms with Gasteiger partial charge in [-0.2, -0.15) is 0 Å². The monoisotopic (exact) mass is 308 g/mol. The first-order valence-electron chi connectivity index (χ1n) is 8.33. The maximum absolute atomic E-state index is 13.4. The Balaban J connectivity index is 1.50. The molecule has 0 amide bonds. The Bertz CT molecular complexity index is 547. The molecule has 4 rings (SSSR count). The summed E-state index contributed by atoms with van der Waals surface area (Å²) in [7, 11) is 0. The number of benzene rings is 1. The lowest BCUT2D eigenvalue weighted by Crippen LogP contribution is -2.41. The first kappa shape index (κ1) is 14.4. The van der Waals surface area contributed by atoms with Gasteiger partial charge in [0.2, 0.25) is 0 Å². The van der Waals surface area contributed by atoms with Crippen LogP contribution >= 0.6 is 0 Å². The van der Waals surface area contributed by atoms with Crippen molar-refractivity contribution in [3.8, 4) is 5.75 Å². The normalized spacial score (nSPS) is 32.5. The van der Waals surface area contributed by atoms with Crippen LogP contribution in [0.15, 0.2) is 18.2 Å². The van der Waals surface area contributed by atoms with Gasteiger partial charge in [0.15, 0.2) is 11.6 Å². The lowest BCUT2D eigenvalue weighted by Gasteiger charge is -2.28. The molecule has 3 aliphatic rings. The molecule has 22 heavy (non-hydrogen) atoms. The molecule has 1 N–H and O–H groups in total. The van der Waals surface area contributed by atoms with Crippen LogP contribution in [0, 0.1) is 11.6 Å². The third-order valence-corrected chi connectivity index (χ3v) is 5.42. The number of rotatable bonds is 3. The number of ether oxygens (including phenoxy) is 1. The number of hydrogen-bond donors (Lipinski definition) is 1. The molecule has 0 spiro atoms. The van der Waals surface area contributed by atoms with E-state index in [0.717, 1.165) is 31.6 Å². The standard InChI is InChI=1S/C17H22F2N2O/c18-13-6-5-12(9-14(13)19)22-16-10-21(11-3-1-2-4-11)15-7-8-20-17(15)16/h5-6,9,11,15-17,20H,1-4,7-8,10H2. The number of nitrogens with zero attached hydrogens (tertiary/aromatic N) is 1. The quantitative estimate of drug-likeness (QED) is 0.929. The van der Waals surface area contributed by atoms with Gasteiger partial charge in [0.05, 0.1) is 6.04 Å². The molecule has 0 bridgehead atoms. The minimum Gasteiger partial charge on any atom is -0.487 e. The van der Waals surface area contributed by atoms with E-state index in [1.165, 1.54) is 31.7 Å². The van der Waals surface area contributed by atoms with E-state index in [4.69, 9.17) is 4.74 Å². The Hall–Kier alpha value is -1.20. The van der Waals surface area contributed by atoms with Gasteiger partial charge in [0, 0.05) is 24.7 Å². The van der Waals surface area contributed by atoms with Crippen LogP contribution < -0.4 is 10.1 Å². The van der Waals surface area contributed by atoms with Crippen LogP contribution in [0.1, 0.15) is 32.1 Å². The van der Waals surface area contributed by atoms with Gasteiger partial charge in [-0.1, -0.05) is 12.8 Å². The number of nitrogens with one attached hydrogen (secondary N) is 1. The predicted molar refractivity (Wildman–Crippen MR) is 79.9 cm³/mol. The van der Waals surface area contributed by atoms with Crippen molar-refractivity contribution in [2.45, 2.75) is 56.3 Å². The van der Waals surface area contributed by atoms with Crippen LogP contribution in [0.3, 0.4) is 0 Å². The van der Waals surface area contributed by atoms with E-state index in [9.17, 15) is 8.78 Å². The Morgan fingerprint density at radius 2 is 1.91 bits per heavy atom. The van der Waals surface area contributed by atoms with Crippen LogP contribution in [-0.2, 0) is 0 Å². The lowest BCUT2D eigenvalue weighted by molar-refractivity contribution is 0.153. The van der Waals surface area contributed by atoms with E-state index in [2.05, 4.69) is 10.2 Å². The number of halogens is 2. The summed E-state index contributed by atoms with van der Waals surface area (Å²) in [6.45, 7) is 1.89. The highest BCUT2D eigenvalue weighted by atomic mass is 19.2. The molecule has 5 heteroatoms. The highest BCUT2D eigenvalue weighted by molar-refractivity contribution is 5.24. The van der Waals surface area contributed by atoms with Gasteiger partial charge in [-0.3, -0.25) is 4.90 Å². The van der Waals surface area contributed by atoms with Crippen molar-refractivity contribution >= 4 is 0 Å². The van der Waals surface area contributed by atoms with Crippen molar-refractivity contribution in [3.63, 3.8) is 0 Å². The summed E-state index contributed by atoms with van der Waals surface area (Å²) in [6.07, 6.45) is 6.36. The molecule has 3 nitrogen and oxygen atoms in total. The zero-order chi connectivity index (χ0) is 15.1. The average molecular weight is 308 g/mol. The number of hydrogen-bond acceptors (Lipinski definition) is 3. The highest BCUT2D eigenvalue weighted by Gasteiger charge is 2.48. The van der Waals surface area contributed by atoms with Crippen molar-refractivity contribution in [3.05, 3.63) is 29.8 Å². The fourth-order valence-electron chi connectivity index (χ4n) is 4.41. The molecule has 3 unspecified atom stereocenters. The van der Waals surface area contributed by atoms with Crippen LogP contribution in [-0.4, -0.2) is 42.2 Å². The van der Waals surface area contributed by atoms with E-state index >= 15 is 0 Å². The van der Waals surface area contributed by atoms with Gasteiger partial charge in [-0.25, -0.2) is 8.78 Å². The highest BCUT2D eigenvalue weighted by Crippen LogP contribution is 2.35. The minimum atomic E-state index is -0.848. The summed E-state index contributed by atoms with van der Waals surface area (Å²) in [5.74, 6) is -1.26. The van der Waals surface area contributed by atoms with E-state index in [1.54, 1.807) is 0 Å². The molecule has 2 saturated heterocycles. The van der Waals surface area contributed by atoms with Gasteiger partial charge in [0.1, 0.15) is 11.9 Å². The SMILES string of the molecule is Fc1ccc(OC2CN(C3CCCC3)C3CCNC23)cc1F. The summed E-state index contributed by atoms with van der Waals surface area (Å²) in [4.78, 5) is 2.60. The molecular weight excluding hydrogens is 286 g/mol. The molecule has 1 aromatic carbocycles. The minimum absolute atomic E-state index is 0.0120. The molecule has 1 saturated carbocycles. The summed E-state index contributed by atoms with van der Waals surface area (Å²) >= 11 is 0. The summed E-state index contributed by atoms with van der Waals surface area (Å²) in [5, 5.41) is 3.53. The third kappa shape index (κ3) is 2.50. The predicted octanol–water partition coefficient (Wildman–Crippen LogP) is 2.70. The Kier molecular flexibility index (Phi) is 3.78. The topological polar surface area (TPSA) is 24.5 Å². The van der Waals surface area contributed by atoms with Crippen molar-refractivity contribution in [1.82, 2.24) is 10.2 Å². The molecule has 2 aliphatic heterocycles. The second kappa shape index (κ2) is 5.78. The molecule has 2 heterocycles. The maximum atomic E-state index is 13.4. The molecule has 0 aromatic heterocycles. The number of likely N-dealkylation sites (tertiary alicyclic amines) is 1. The Morgan fingerprint density at radius 3 is 2.68 bits per heavy atom. The summed E-state index contributed by atoms with van der Waals surface area (Å²) in [5.41, 5.74) is 0. The second-order valence-corrected chi connectivity index (χ2v) is 6.70. The molecule has 120 valence electrons. The van der Waals surface area contributed by atoms with Crippen molar-refractivity contribution in [1.29, 1.82) is 0 Å². The van der Waals surface area contributed by atoms with Crippen molar-refractivity contribution in [2.75, 3.05) is 13.1 Å². The number of fused-ring (bicyclic) bond motifs is 1. The van der Waals surface area contributed by atoms with Gasteiger partial charge in [-0.05, 0) is 37.9 Å². The van der Waals surface area contributed by atoms with E-state index < -0.39 is 11.6 Å². The zero-order valence-electron chi connectivity index (χ0n) is 12.6. The second-order valence-electron chi connectivity index (χ2n) is 6.70. The Labute approximate surface area is 129 Å². The van der Waals surface area contributed by atoms with Crippen LogP contribution in [0.2, 0.25) is 0 Å². The fourth-order valence-corrected chi connectivity index (χ4v) is 4.41. The fraction of sp³-hybridized carbons (Fsp3) is 0.647. The molecular formula is C17H22F2N2O. The third-order valence-electron chi connectivity index (χ3n) is 5.42. The first-order valence-corrected chi connectivity index (χ1v) is 8.33. The largest absolute Gasteiger partial charge is 0.487 e. The van der Waals surface area contributed by atoms with Crippen LogP contribution in [0.5, 0.6) is 5.75 Å². The first-order chi connectivity index (χ1) is 10.7.